The van der Waals surface area contributed by atoms with Crippen LogP contribution in [0.3, 0.4) is 0 Å². The van der Waals surface area contributed by atoms with Gasteiger partial charge in [-0.3, -0.25) is 9.48 Å². The maximum atomic E-state index is 12.1. The average molecular weight is 309 g/mol. The number of nitrogen functional groups attached to an aromatic ring is 1. The number of nitrogens with two attached hydrogens (primary N) is 1. The lowest BCUT2D eigenvalue weighted by atomic mass is 10.2. The Morgan fingerprint density at radius 3 is 2.71 bits per heavy atom. The van der Waals surface area contributed by atoms with E-state index in [2.05, 4.69) is 15.2 Å². The zero-order valence-electron chi connectivity index (χ0n) is 11.4. The molecule has 1 aromatic carbocycles. The molecule has 0 fully saturated rings. The number of anilines is 2. The molecule has 0 spiro atoms. The first-order valence-corrected chi connectivity index (χ1v) is 6.28. The van der Waals surface area contributed by atoms with E-state index in [0.29, 0.717) is 5.02 Å². The molecule has 0 aliphatic carbocycles. The minimum absolute atomic E-state index is 0.219. The summed E-state index contributed by atoms with van der Waals surface area (Å²) in [6, 6.07) is 4.43. The van der Waals surface area contributed by atoms with E-state index in [0.717, 1.165) is 0 Å². The number of carbonyl (C=O) groups excluding carboxylic acids is 2. The first-order valence-electron chi connectivity index (χ1n) is 5.90. The van der Waals surface area contributed by atoms with Crippen LogP contribution in [-0.2, 0) is 11.8 Å². The highest BCUT2D eigenvalue weighted by atomic mass is 35.5. The van der Waals surface area contributed by atoms with E-state index < -0.39 is 11.9 Å². The summed E-state index contributed by atoms with van der Waals surface area (Å²) in [4.78, 5) is 23.6. The summed E-state index contributed by atoms with van der Waals surface area (Å²) >= 11 is 6.00. The fraction of sp³-hybridized carbons (Fsp3) is 0.154. The molecule has 0 radical (unpaired) electrons. The molecule has 3 N–H and O–H groups in total. The first kappa shape index (κ1) is 14.9. The number of amides is 1. The molecule has 2 rings (SSSR count). The highest BCUT2D eigenvalue weighted by molar-refractivity contribution is 6.34. The van der Waals surface area contributed by atoms with Gasteiger partial charge in [0.25, 0.3) is 5.91 Å². The van der Waals surface area contributed by atoms with Gasteiger partial charge in [0.1, 0.15) is 11.4 Å². The summed E-state index contributed by atoms with van der Waals surface area (Å²) in [7, 11) is 2.89. The summed E-state index contributed by atoms with van der Waals surface area (Å²) in [5.41, 5.74) is 6.51. The summed E-state index contributed by atoms with van der Waals surface area (Å²) in [5, 5.41) is 6.76. The zero-order valence-corrected chi connectivity index (χ0v) is 12.1. The molecule has 0 saturated heterocycles. The number of hydrogen-bond acceptors (Lipinski definition) is 5. The van der Waals surface area contributed by atoms with E-state index in [1.54, 1.807) is 7.05 Å². The number of nitrogens with zero attached hydrogens (tertiary/aromatic N) is 2. The number of halogens is 1. The molecule has 1 aromatic heterocycles. The summed E-state index contributed by atoms with van der Waals surface area (Å²) < 4.78 is 5.99. The molecule has 0 saturated carbocycles. The molecule has 2 aromatic rings. The lowest BCUT2D eigenvalue weighted by Crippen LogP contribution is -2.14. The van der Waals surface area contributed by atoms with Gasteiger partial charge in [0.05, 0.1) is 29.6 Å². The van der Waals surface area contributed by atoms with Gasteiger partial charge < -0.3 is 15.8 Å². The minimum atomic E-state index is -0.525. The van der Waals surface area contributed by atoms with Crippen molar-refractivity contribution in [1.82, 2.24) is 9.78 Å². The molecular weight excluding hydrogens is 296 g/mol. The molecule has 7 nitrogen and oxygen atoms in total. The second kappa shape index (κ2) is 5.84. The van der Waals surface area contributed by atoms with Gasteiger partial charge in [-0.25, -0.2) is 4.79 Å². The van der Waals surface area contributed by atoms with Crippen LogP contribution in [0.5, 0.6) is 0 Å². The van der Waals surface area contributed by atoms with Crippen LogP contribution in [0, 0.1) is 0 Å². The number of aromatic nitrogens is 2. The van der Waals surface area contributed by atoms with Crippen LogP contribution in [-0.4, -0.2) is 28.8 Å². The third kappa shape index (κ3) is 2.97. The normalized spacial score (nSPS) is 10.2. The Morgan fingerprint density at radius 1 is 1.43 bits per heavy atom. The van der Waals surface area contributed by atoms with Gasteiger partial charge in [0.2, 0.25) is 0 Å². The van der Waals surface area contributed by atoms with E-state index in [1.807, 2.05) is 0 Å². The topological polar surface area (TPSA) is 99.2 Å². The Kier molecular flexibility index (Phi) is 4.13. The van der Waals surface area contributed by atoms with Crippen molar-refractivity contribution in [1.29, 1.82) is 0 Å². The number of rotatable bonds is 3. The maximum Gasteiger partial charge on any atom is 0.337 e. The third-order valence-corrected chi connectivity index (χ3v) is 3.19. The highest BCUT2D eigenvalue weighted by Gasteiger charge is 2.16. The molecule has 8 heteroatoms. The molecule has 0 atom stereocenters. The minimum Gasteiger partial charge on any atom is -0.465 e. The molecule has 1 amide bonds. The number of benzene rings is 1. The van der Waals surface area contributed by atoms with Crippen molar-refractivity contribution in [3.63, 3.8) is 0 Å². The molecule has 0 bridgehead atoms. The van der Waals surface area contributed by atoms with Gasteiger partial charge in [-0.15, -0.1) is 0 Å². The van der Waals surface area contributed by atoms with Gasteiger partial charge in [0.15, 0.2) is 0 Å². The van der Waals surface area contributed by atoms with Crippen molar-refractivity contribution >= 4 is 35.0 Å². The molecule has 110 valence electrons. The first-order chi connectivity index (χ1) is 9.93. The fourth-order valence-corrected chi connectivity index (χ4v) is 1.84. The van der Waals surface area contributed by atoms with Crippen molar-refractivity contribution in [3.8, 4) is 0 Å². The molecular formula is C13H13ClN4O3. The average Bonchev–Trinajstić information content (AvgIpc) is 2.80. The number of ether oxygens (including phenoxy) is 1. The molecule has 0 aliphatic heterocycles. The number of nitrogens with one attached hydrogen (secondary N) is 1. The molecule has 0 aliphatic rings. The fourth-order valence-electron chi connectivity index (χ4n) is 1.68. The number of hydrogen-bond donors (Lipinski definition) is 2. The van der Waals surface area contributed by atoms with Crippen molar-refractivity contribution in [2.75, 3.05) is 18.2 Å². The highest BCUT2D eigenvalue weighted by Crippen LogP contribution is 2.24. The third-order valence-electron chi connectivity index (χ3n) is 2.86. The lowest BCUT2D eigenvalue weighted by molar-refractivity contribution is 0.0600. The lowest BCUT2D eigenvalue weighted by Gasteiger charge is -2.08. The monoisotopic (exact) mass is 308 g/mol. The van der Waals surface area contributed by atoms with Gasteiger partial charge in [-0.2, -0.15) is 5.10 Å². The van der Waals surface area contributed by atoms with Crippen molar-refractivity contribution in [2.45, 2.75) is 0 Å². The Bertz CT molecular complexity index is 711. The van der Waals surface area contributed by atoms with Crippen LogP contribution in [0.2, 0.25) is 5.02 Å². The number of carbonyl (C=O) groups is 2. The summed E-state index contributed by atoms with van der Waals surface area (Å²) in [5.74, 6) is -0.764. The predicted molar refractivity (Wildman–Crippen MR) is 78.4 cm³/mol. The Hall–Kier alpha value is -2.54. The van der Waals surface area contributed by atoms with Crippen LogP contribution < -0.4 is 11.1 Å². The van der Waals surface area contributed by atoms with E-state index in [9.17, 15) is 9.59 Å². The van der Waals surface area contributed by atoms with E-state index in [1.165, 1.54) is 36.2 Å². The standard InChI is InChI=1S/C13H13ClN4O3/c1-18-11(15)8(6-16-18)12(19)17-10-5-7(13(20)21-2)3-4-9(10)14/h3-6H,15H2,1-2H3,(H,17,19). The van der Waals surface area contributed by atoms with Crippen molar-refractivity contribution in [3.05, 3.63) is 40.5 Å². The Labute approximate surface area is 125 Å². The van der Waals surface area contributed by atoms with E-state index in [-0.39, 0.29) is 22.6 Å². The van der Waals surface area contributed by atoms with Crippen LogP contribution in [0.25, 0.3) is 0 Å². The summed E-state index contributed by atoms with van der Waals surface area (Å²) in [6.45, 7) is 0. The summed E-state index contributed by atoms with van der Waals surface area (Å²) in [6.07, 6.45) is 1.35. The number of esters is 1. The largest absolute Gasteiger partial charge is 0.465 e. The molecule has 21 heavy (non-hydrogen) atoms. The number of methoxy groups -OCH3 is 1. The van der Waals surface area contributed by atoms with Crippen LogP contribution in [0.1, 0.15) is 20.7 Å². The second-order valence-corrected chi connectivity index (χ2v) is 4.61. The zero-order chi connectivity index (χ0) is 15.6. The Morgan fingerprint density at radius 2 is 2.14 bits per heavy atom. The van der Waals surface area contributed by atoms with Crippen molar-refractivity contribution in [2.24, 2.45) is 7.05 Å². The van der Waals surface area contributed by atoms with Gasteiger partial charge in [-0.1, -0.05) is 11.6 Å². The van der Waals surface area contributed by atoms with Gasteiger partial charge in [-0.05, 0) is 18.2 Å². The maximum absolute atomic E-state index is 12.1. The Balaban J connectivity index is 2.28. The van der Waals surface area contributed by atoms with Gasteiger partial charge >= 0.3 is 5.97 Å². The van der Waals surface area contributed by atoms with Crippen LogP contribution in [0.15, 0.2) is 24.4 Å². The van der Waals surface area contributed by atoms with E-state index >= 15 is 0 Å². The van der Waals surface area contributed by atoms with E-state index in [4.69, 9.17) is 17.3 Å². The van der Waals surface area contributed by atoms with Gasteiger partial charge in [0, 0.05) is 7.05 Å². The van der Waals surface area contributed by atoms with Crippen LogP contribution >= 0.6 is 11.6 Å². The molecule has 0 unspecified atom stereocenters. The second-order valence-electron chi connectivity index (χ2n) is 4.21. The molecule has 1 heterocycles. The van der Waals surface area contributed by atoms with Crippen LogP contribution in [0.4, 0.5) is 11.5 Å². The SMILES string of the molecule is COC(=O)c1ccc(Cl)c(NC(=O)c2cnn(C)c2N)c1. The van der Waals surface area contributed by atoms with Crippen molar-refractivity contribution < 1.29 is 14.3 Å². The smallest absolute Gasteiger partial charge is 0.337 e. The quantitative estimate of drug-likeness (QED) is 0.841. The predicted octanol–water partition coefficient (Wildman–Crippen LogP) is 1.69. The number of aryl methyl sites for hydroxylation is 1.